The highest BCUT2D eigenvalue weighted by Gasteiger charge is 2.38. The van der Waals surface area contributed by atoms with E-state index in [2.05, 4.69) is 11.1 Å². The molecule has 1 atom stereocenters. The summed E-state index contributed by atoms with van der Waals surface area (Å²) in [6, 6.07) is 4.09. The number of rotatable bonds is 3. The van der Waals surface area contributed by atoms with Crippen LogP contribution in [0.4, 0.5) is 0 Å². The van der Waals surface area contributed by atoms with Crippen molar-refractivity contribution in [3.8, 4) is 12.1 Å². The summed E-state index contributed by atoms with van der Waals surface area (Å²) >= 11 is 0. The van der Waals surface area contributed by atoms with Gasteiger partial charge in [-0.3, -0.25) is 0 Å². The van der Waals surface area contributed by atoms with Gasteiger partial charge in [0.15, 0.2) is 0 Å². The van der Waals surface area contributed by atoms with Gasteiger partial charge in [-0.05, 0) is 38.8 Å². The van der Waals surface area contributed by atoms with Gasteiger partial charge in [-0.1, -0.05) is 0 Å². The first-order valence-corrected chi connectivity index (χ1v) is 7.41. The highest BCUT2D eigenvalue weighted by molar-refractivity contribution is 5.92. The molecular weight excluding hydrogens is 308 g/mol. The van der Waals surface area contributed by atoms with E-state index in [1.807, 2.05) is 6.07 Å². The normalized spacial score (nSPS) is 17.2. The van der Waals surface area contributed by atoms with Crippen LogP contribution in [0, 0.1) is 36.5 Å². The van der Waals surface area contributed by atoms with E-state index < -0.39 is 11.9 Å². The fourth-order valence-corrected chi connectivity index (χ4v) is 2.95. The second-order valence-electron chi connectivity index (χ2n) is 5.39. The Morgan fingerprint density at radius 2 is 2.00 bits per heavy atom. The van der Waals surface area contributed by atoms with Crippen molar-refractivity contribution in [3.05, 3.63) is 45.3 Å². The van der Waals surface area contributed by atoms with Gasteiger partial charge in [0.1, 0.15) is 29.2 Å². The van der Waals surface area contributed by atoms with Crippen LogP contribution in [0.2, 0.25) is 0 Å². The van der Waals surface area contributed by atoms with Crippen molar-refractivity contribution in [2.45, 2.75) is 33.6 Å². The molecule has 1 aromatic heterocycles. The summed E-state index contributed by atoms with van der Waals surface area (Å²) in [7, 11) is 0. The predicted octanol–water partition coefficient (Wildman–Crippen LogP) is 2.15. The van der Waals surface area contributed by atoms with Gasteiger partial charge in [-0.25, -0.2) is 4.79 Å². The first-order chi connectivity index (χ1) is 11.4. The number of esters is 1. The van der Waals surface area contributed by atoms with Crippen LogP contribution < -0.4 is 5.73 Å². The zero-order valence-electron chi connectivity index (χ0n) is 14.0. The molecule has 0 saturated carbocycles. The molecule has 1 aromatic rings. The molecule has 0 fully saturated rings. The minimum atomic E-state index is -0.735. The number of aromatic nitrogens is 1. The van der Waals surface area contributed by atoms with E-state index in [4.69, 9.17) is 15.2 Å². The lowest BCUT2D eigenvalue weighted by atomic mass is 9.81. The van der Waals surface area contributed by atoms with Crippen LogP contribution in [0.3, 0.4) is 0 Å². The molecule has 0 saturated heterocycles. The van der Waals surface area contributed by atoms with Gasteiger partial charge in [0.25, 0.3) is 0 Å². The Hall–Kier alpha value is -3.19. The summed E-state index contributed by atoms with van der Waals surface area (Å²) in [5.41, 5.74) is 8.59. The summed E-state index contributed by atoms with van der Waals surface area (Å²) < 4.78 is 10.5. The van der Waals surface area contributed by atoms with Crippen LogP contribution in [-0.2, 0) is 14.3 Å². The number of hydrogen-bond donors (Lipinski definition) is 2. The second-order valence-corrected chi connectivity index (χ2v) is 5.39. The fraction of sp³-hybridized carbons (Fsp3) is 0.353. The number of nitrogens with one attached hydrogen (secondary N) is 1. The number of aromatic amines is 1. The van der Waals surface area contributed by atoms with Crippen molar-refractivity contribution in [1.82, 2.24) is 4.98 Å². The Morgan fingerprint density at radius 1 is 1.33 bits per heavy atom. The third-order valence-electron chi connectivity index (χ3n) is 4.00. The van der Waals surface area contributed by atoms with Gasteiger partial charge in [-0.2, -0.15) is 10.5 Å². The first kappa shape index (κ1) is 17.2. The zero-order valence-corrected chi connectivity index (χ0v) is 14.0. The minimum Gasteiger partial charge on any atom is -0.463 e. The molecule has 2 rings (SSSR count). The van der Waals surface area contributed by atoms with E-state index in [0.29, 0.717) is 22.5 Å². The van der Waals surface area contributed by atoms with Crippen LogP contribution in [0.1, 0.15) is 42.3 Å². The zero-order chi connectivity index (χ0) is 18.0. The average molecular weight is 326 g/mol. The van der Waals surface area contributed by atoms with Crippen molar-refractivity contribution in [2.24, 2.45) is 5.73 Å². The quantitative estimate of drug-likeness (QED) is 0.820. The van der Waals surface area contributed by atoms with Crippen molar-refractivity contribution in [2.75, 3.05) is 6.61 Å². The van der Waals surface area contributed by atoms with Crippen LogP contribution in [-0.4, -0.2) is 17.6 Å². The van der Waals surface area contributed by atoms with Crippen LogP contribution in [0.15, 0.2) is 22.8 Å². The minimum absolute atomic E-state index is 0.0495. The number of allylic oxidation sites excluding steroid dienone is 2. The predicted molar refractivity (Wildman–Crippen MR) is 85.0 cm³/mol. The number of carbonyl (C=O) groups excluding carboxylic acids is 1. The molecule has 7 heteroatoms. The number of hydrogen-bond acceptors (Lipinski definition) is 6. The lowest BCUT2D eigenvalue weighted by Gasteiger charge is -2.27. The Morgan fingerprint density at radius 3 is 2.50 bits per heavy atom. The molecule has 0 aliphatic carbocycles. The molecule has 124 valence electrons. The van der Waals surface area contributed by atoms with E-state index in [1.165, 1.54) is 0 Å². The van der Waals surface area contributed by atoms with Crippen molar-refractivity contribution < 1.29 is 14.3 Å². The number of H-pyrrole nitrogens is 1. The third kappa shape index (κ3) is 2.61. The molecule has 2 heterocycles. The van der Waals surface area contributed by atoms with E-state index in [1.54, 1.807) is 27.7 Å². The van der Waals surface area contributed by atoms with Crippen LogP contribution in [0.5, 0.6) is 0 Å². The van der Waals surface area contributed by atoms with Gasteiger partial charge >= 0.3 is 5.97 Å². The SMILES string of the molecule is CCOC(=O)C1=C(C)OC(N)=C(C#N)[C@@H]1c1c(C)[nH]c(C#N)c1C. The molecule has 1 aliphatic heterocycles. The number of ether oxygens (including phenoxy) is 2. The monoisotopic (exact) mass is 326 g/mol. The lowest BCUT2D eigenvalue weighted by molar-refractivity contribution is -0.139. The standard InChI is InChI=1S/C17H18N4O3/c1-5-23-17(22)14-10(4)24-16(20)11(6-18)15(14)13-8(2)12(7-19)21-9(13)3/h15,21H,5,20H2,1-4H3/t15-/m1/s1. The molecule has 0 spiro atoms. The second kappa shape index (κ2) is 6.51. The Kier molecular flexibility index (Phi) is 4.66. The molecule has 7 nitrogen and oxygen atoms in total. The van der Waals surface area contributed by atoms with Gasteiger partial charge < -0.3 is 20.2 Å². The number of nitriles is 2. The van der Waals surface area contributed by atoms with Gasteiger partial charge in [-0.15, -0.1) is 0 Å². The van der Waals surface area contributed by atoms with E-state index in [0.717, 1.165) is 0 Å². The summed E-state index contributed by atoms with van der Waals surface area (Å²) in [5, 5.41) is 18.8. The maximum Gasteiger partial charge on any atom is 0.338 e. The van der Waals surface area contributed by atoms with Crippen molar-refractivity contribution in [3.63, 3.8) is 0 Å². The van der Waals surface area contributed by atoms with E-state index in [9.17, 15) is 15.3 Å². The largest absolute Gasteiger partial charge is 0.463 e. The van der Waals surface area contributed by atoms with E-state index >= 15 is 0 Å². The molecule has 3 N–H and O–H groups in total. The Balaban J connectivity index is 2.75. The van der Waals surface area contributed by atoms with E-state index in [-0.39, 0.29) is 29.4 Å². The average Bonchev–Trinajstić information content (AvgIpc) is 2.80. The highest BCUT2D eigenvalue weighted by Crippen LogP contribution is 2.42. The molecule has 0 radical (unpaired) electrons. The van der Waals surface area contributed by atoms with Crippen LogP contribution in [0.25, 0.3) is 0 Å². The van der Waals surface area contributed by atoms with Gasteiger partial charge in [0, 0.05) is 5.69 Å². The molecule has 1 aliphatic rings. The maximum absolute atomic E-state index is 12.5. The number of nitrogens with two attached hydrogens (primary N) is 1. The van der Waals surface area contributed by atoms with Gasteiger partial charge in [0.2, 0.25) is 5.88 Å². The Labute approximate surface area is 140 Å². The number of aryl methyl sites for hydroxylation is 1. The summed E-state index contributed by atoms with van der Waals surface area (Å²) in [6.45, 7) is 7.03. The highest BCUT2D eigenvalue weighted by atomic mass is 16.5. The van der Waals surface area contributed by atoms with Crippen molar-refractivity contribution in [1.29, 1.82) is 10.5 Å². The maximum atomic E-state index is 12.5. The summed E-state index contributed by atoms with van der Waals surface area (Å²) in [4.78, 5) is 15.4. The number of nitrogens with zero attached hydrogens (tertiary/aromatic N) is 2. The molecule has 0 bridgehead atoms. The summed E-state index contributed by atoms with van der Waals surface area (Å²) in [5.74, 6) is -1.07. The van der Waals surface area contributed by atoms with Gasteiger partial charge in [0.05, 0.1) is 18.1 Å². The molecule has 24 heavy (non-hydrogen) atoms. The fourth-order valence-electron chi connectivity index (χ4n) is 2.95. The topological polar surface area (TPSA) is 125 Å². The first-order valence-electron chi connectivity index (χ1n) is 7.41. The number of carbonyl (C=O) groups is 1. The third-order valence-corrected chi connectivity index (χ3v) is 4.00. The van der Waals surface area contributed by atoms with Crippen molar-refractivity contribution >= 4 is 5.97 Å². The molecule has 0 aromatic carbocycles. The molecule has 0 amide bonds. The Bertz CT molecular complexity index is 846. The smallest absolute Gasteiger partial charge is 0.338 e. The molecule has 0 unspecified atom stereocenters. The molecular formula is C17H18N4O3. The summed E-state index contributed by atoms with van der Waals surface area (Å²) in [6.07, 6.45) is 0. The van der Waals surface area contributed by atoms with Crippen LogP contribution >= 0.6 is 0 Å². The lowest BCUT2D eigenvalue weighted by Crippen LogP contribution is -2.26.